The largest absolute Gasteiger partial charge is 0.472 e. The van der Waals surface area contributed by atoms with E-state index in [0.717, 1.165) is 12.8 Å². The Morgan fingerprint density at radius 1 is 1.35 bits per heavy atom. The predicted molar refractivity (Wildman–Crippen MR) is 83.3 cm³/mol. The predicted octanol–water partition coefficient (Wildman–Crippen LogP) is 1.49. The van der Waals surface area contributed by atoms with E-state index in [-0.39, 0.29) is 6.10 Å². The molecule has 2 saturated heterocycles. The maximum atomic E-state index is 11.1. The van der Waals surface area contributed by atoms with E-state index < -0.39 is 6.09 Å². The van der Waals surface area contributed by atoms with Gasteiger partial charge in [0.15, 0.2) is 0 Å². The van der Waals surface area contributed by atoms with Gasteiger partial charge >= 0.3 is 6.09 Å². The molecule has 0 saturated carbocycles. The Labute approximate surface area is 139 Å². The van der Waals surface area contributed by atoms with Crippen LogP contribution in [-0.4, -0.2) is 71.6 Å². The molecule has 0 spiro atoms. The van der Waals surface area contributed by atoms with Crippen molar-refractivity contribution in [2.24, 2.45) is 0 Å². The Balaban J connectivity index is 1.69. The third-order valence-electron chi connectivity index (χ3n) is 3.89. The Morgan fingerprint density at radius 3 is 2.87 bits per heavy atom. The second kappa shape index (κ2) is 7.18. The van der Waals surface area contributed by atoms with Gasteiger partial charge in [0.25, 0.3) is 0 Å². The second-order valence-electron chi connectivity index (χ2n) is 5.54. The van der Waals surface area contributed by atoms with E-state index in [2.05, 4.69) is 9.97 Å². The number of amides is 1. The summed E-state index contributed by atoms with van der Waals surface area (Å²) in [6.45, 7) is 3.54. The second-order valence-corrected chi connectivity index (χ2v) is 5.93. The molecule has 2 aliphatic heterocycles. The van der Waals surface area contributed by atoms with Crippen LogP contribution in [0.5, 0.6) is 5.88 Å². The van der Waals surface area contributed by atoms with Crippen LogP contribution in [0, 0.1) is 0 Å². The number of anilines is 1. The molecule has 0 aromatic carbocycles. The van der Waals surface area contributed by atoms with E-state index in [1.807, 2.05) is 4.90 Å². The van der Waals surface area contributed by atoms with Gasteiger partial charge < -0.3 is 24.4 Å². The Morgan fingerprint density at radius 2 is 2.13 bits per heavy atom. The molecule has 9 heteroatoms. The lowest BCUT2D eigenvalue weighted by atomic mass is 10.1. The number of carbonyl (C=O) groups is 1. The van der Waals surface area contributed by atoms with Crippen LogP contribution in [0.25, 0.3) is 0 Å². The highest BCUT2D eigenvalue weighted by Crippen LogP contribution is 2.23. The SMILES string of the molecule is O=C(O)N1CCCC(Oc2cc(Cl)nc(N3CCOCC3)n2)C1. The van der Waals surface area contributed by atoms with Gasteiger partial charge in [-0.05, 0) is 12.8 Å². The maximum Gasteiger partial charge on any atom is 0.407 e. The molecular formula is C14H19ClN4O4. The summed E-state index contributed by atoms with van der Waals surface area (Å²) in [6, 6.07) is 1.56. The minimum Gasteiger partial charge on any atom is -0.472 e. The van der Waals surface area contributed by atoms with Crippen LogP contribution >= 0.6 is 11.6 Å². The Bertz CT molecular complexity index is 568. The van der Waals surface area contributed by atoms with Gasteiger partial charge in [0.1, 0.15) is 11.3 Å². The zero-order chi connectivity index (χ0) is 16.2. The topological polar surface area (TPSA) is 88.0 Å². The highest BCUT2D eigenvalue weighted by molar-refractivity contribution is 6.29. The zero-order valence-corrected chi connectivity index (χ0v) is 13.4. The lowest BCUT2D eigenvalue weighted by Gasteiger charge is -2.31. The first-order valence-electron chi connectivity index (χ1n) is 7.63. The van der Waals surface area contributed by atoms with Crippen molar-refractivity contribution in [2.45, 2.75) is 18.9 Å². The number of carboxylic acid groups (broad SMARTS) is 1. The van der Waals surface area contributed by atoms with Gasteiger partial charge in [-0.25, -0.2) is 9.78 Å². The number of ether oxygens (including phenoxy) is 2. The van der Waals surface area contributed by atoms with Crippen molar-refractivity contribution in [3.8, 4) is 5.88 Å². The fourth-order valence-electron chi connectivity index (χ4n) is 2.73. The number of morpholine rings is 1. The Kier molecular flexibility index (Phi) is 5.02. The number of halogens is 1. The van der Waals surface area contributed by atoms with Crippen molar-refractivity contribution < 1.29 is 19.4 Å². The monoisotopic (exact) mass is 342 g/mol. The number of hydrogen-bond acceptors (Lipinski definition) is 6. The molecular weight excluding hydrogens is 324 g/mol. The van der Waals surface area contributed by atoms with Crippen molar-refractivity contribution in [2.75, 3.05) is 44.3 Å². The molecule has 126 valence electrons. The highest BCUT2D eigenvalue weighted by atomic mass is 35.5. The summed E-state index contributed by atoms with van der Waals surface area (Å²) in [5.74, 6) is 0.894. The van der Waals surface area contributed by atoms with Crippen molar-refractivity contribution >= 4 is 23.6 Å². The number of hydrogen-bond donors (Lipinski definition) is 1. The summed E-state index contributed by atoms with van der Waals surface area (Å²) in [5.41, 5.74) is 0. The van der Waals surface area contributed by atoms with E-state index in [1.165, 1.54) is 4.90 Å². The van der Waals surface area contributed by atoms with Crippen LogP contribution in [0.2, 0.25) is 5.15 Å². The number of aromatic nitrogens is 2. The molecule has 3 rings (SSSR count). The van der Waals surface area contributed by atoms with Crippen molar-refractivity contribution in [3.63, 3.8) is 0 Å². The molecule has 3 heterocycles. The minimum atomic E-state index is -0.923. The normalized spacial score (nSPS) is 22.0. The van der Waals surface area contributed by atoms with Crippen LogP contribution in [0.4, 0.5) is 10.7 Å². The lowest BCUT2D eigenvalue weighted by Crippen LogP contribution is -2.43. The van der Waals surface area contributed by atoms with Crippen LogP contribution in [0.1, 0.15) is 12.8 Å². The van der Waals surface area contributed by atoms with E-state index in [0.29, 0.717) is 56.4 Å². The summed E-state index contributed by atoms with van der Waals surface area (Å²) >= 11 is 6.07. The molecule has 0 bridgehead atoms. The number of rotatable bonds is 3. The van der Waals surface area contributed by atoms with Gasteiger partial charge in [0.05, 0.1) is 19.8 Å². The van der Waals surface area contributed by atoms with Crippen LogP contribution in [-0.2, 0) is 4.74 Å². The summed E-state index contributed by atoms with van der Waals surface area (Å²) < 4.78 is 11.2. The number of nitrogens with zero attached hydrogens (tertiary/aromatic N) is 4. The van der Waals surface area contributed by atoms with E-state index >= 15 is 0 Å². The first-order valence-corrected chi connectivity index (χ1v) is 8.01. The van der Waals surface area contributed by atoms with E-state index in [1.54, 1.807) is 6.07 Å². The van der Waals surface area contributed by atoms with E-state index in [9.17, 15) is 4.79 Å². The average molecular weight is 343 g/mol. The average Bonchev–Trinajstić information content (AvgIpc) is 2.55. The van der Waals surface area contributed by atoms with Gasteiger partial charge in [0.2, 0.25) is 11.8 Å². The zero-order valence-electron chi connectivity index (χ0n) is 12.7. The number of likely N-dealkylation sites (tertiary alicyclic amines) is 1. The minimum absolute atomic E-state index is 0.219. The van der Waals surface area contributed by atoms with Crippen LogP contribution < -0.4 is 9.64 Å². The fourth-order valence-corrected chi connectivity index (χ4v) is 2.90. The smallest absolute Gasteiger partial charge is 0.407 e. The molecule has 0 aliphatic carbocycles. The fraction of sp³-hybridized carbons (Fsp3) is 0.643. The van der Waals surface area contributed by atoms with Gasteiger partial charge in [0, 0.05) is 25.7 Å². The third kappa shape index (κ3) is 4.14. The lowest BCUT2D eigenvalue weighted by molar-refractivity contribution is 0.0766. The molecule has 1 aromatic heterocycles. The standard InChI is InChI=1S/C14H19ClN4O4/c15-11-8-12(17-13(16-11)18-4-6-22-7-5-18)23-10-2-1-3-19(9-10)14(20)21/h8,10H,1-7,9H2,(H,20,21). The quantitative estimate of drug-likeness (QED) is 0.832. The van der Waals surface area contributed by atoms with Crippen molar-refractivity contribution in [1.82, 2.24) is 14.9 Å². The van der Waals surface area contributed by atoms with Crippen LogP contribution in [0.3, 0.4) is 0 Å². The van der Waals surface area contributed by atoms with Crippen LogP contribution in [0.15, 0.2) is 6.07 Å². The molecule has 1 amide bonds. The summed E-state index contributed by atoms with van der Waals surface area (Å²) in [5, 5.41) is 9.39. The molecule has 2 aliphatic rings. The van der Waals surface area contributed by atoms with Gasteiger partial charge in [-0.3, -0.25) is 0 Å². The molecule has 23 heavy (non-hydrogen) atoms. The van der Waals surface area contributed by atoms with Crippen molar-refractivity contribution in [1.29, 1.82) is 0 Å². The van der Waals surface area contributed by atoms with Gasteiger partial charge in [-0.1, -0.05) is 11.6 Å². The highest BCUT2D eigenvalue weighted by Gasteiger charge is 2.25. The molecule has 0 radical (unpaired) electrons. The maximum absolute atomic E-state index is 11.1. The van der Waals surface area contributed by atoms with Crippen molar-refractivity contribution in [3.05, 3.63) is 11.2 Å². The molecule has 8 nitrogen and oxygen atoms in total. The summed E-state index contributed by atoms with van der Waals surface area (Å²) in [4.78, 5) is 23.1. The summed E-state index contributed by atoms with van der Waals surface area (Å²) in [7, 11) is 0. The summed E-state index contributed by atoms with van der Waals surface area (Å²) in [6.07, 6.45) is 0.418. The van der Waals surface area contributed by atoms with E-state index in [4.69, 9.17) is 26.2 Å². The van der Waals surface area contributed by atoms with Gasteiger partial charge in [-0.15, -0.1) is 0 Å². The molecule has 1 aromatic rings. The third-order valence-corrected chi connectivity index (χ3v) is 4.08. The first kappa shape index (κ1) is 16.1. The molecule has 1 atom stereocenters. The Hall–Kier alpha value is -1.80. The molecule has 1 N–H and O–H groups in total. The number of piperidine rings is 1. The molecule has 1 unspecified atom stereocenters. The van der Waals surface area contributed by atoms with Gasteiger partial charge in [-0.2, -0.15) is 4.98 Å². The first-order chi connectivity index (χ1) is 11.1. The molecule has 2 fully saturated rings.